The van der Waals surface area contributed by atoms with Crippen molar-refractivity contribution in [1.82, 2.24) is 14.9 Å². The highest BCUT2D eigenvalue weighted by molar-refractivity contribution is 5.86. The Morgan fingerprint density at radius 1 is 1.06 bits per heavy atom. The minimum absolute atomic E-state index is 0.0336. The van der Waals surface area contributed by atoms with Crippen molar-refractivity contribution in [1.29, 1.82) is 0 Å². The first-order valence-electron chi connectivity index (χ1n) is 11.0. The zero-order valence-corrected chi connectivity index (χ0v) is 18.3. The van der Waals surface area contributed by atoms with E-state index in [0.29, 0.717) is 25.9 Å². The molecule has 1 fully saturated rings. The van der Waals surface area contributed by atoms with E-state index in [0.717, 1.165) is 28.7 Å². The van der Waals surface area contributed by atoms with Gasteiger partial charge in [0.25, 0.3) is 0 Å². The molecule has 0 saturated carbocycles. The van der Waals surface area contributed by atoms with Gasteiger partial charge < -0.3 is 10.6 Å². The average molecular weight is 429 g/mol. The number of piperidine rings is 1. The van der Waals surface area contributed by atoms with E-state index in [-0.39, 0.29) is 17.7 Å². The first kappa shape index (κ1) is 21.7. The monoisotopic (exact) mass is 428 g/mol. The zero-order valence-electron chi connectivity index (χ0n) is 18.3. The van der Waals surface area contributed by atoms with Gasteiger partial charge in [0.15, 0.2) is 0 Å². The summed E-state index contributed by atoms with van der Waals surface area (Å²) in [6.07, 6.45) is 6.90. The number of aromatic nitrogens is 2. The third-order valence-corrected chi connectivity index (χ3v) is 6.50. The molecule has 0 bridgehead atoms. The topological polar surface area (TPSA) is 89.2 Å². The number of primary amides is 1. The molecule has 6 heteroatoms. The number of benzene rings is 2. The molecule has 0 radical (unpaired) electrons. The van der Waals surface area contributed by atoms with Crippen LogP contribution in [-0.4, -0.2) is 39.8 Å². The average Bonchev–Trinajstić information content (AvgIpc) is 2.84. The maximum Gasteiger partial charge on any atom is 0.229 e. The number of hydrogen-bond acceptors (Lipinski definition) is 4. The molecule has 1 aliphatic heterocycles. The van der Waals surface area contributed by atoms with Crippen LogP contribution < -0.4 is 5.73 Å². The van der Waals surface area contributed by atoms with Gasteiger partial charge in [-0.25, -0.2) is 9.97 Å². The van der Waals surface area contributed by atoms with Gasteiger partial charge in [0.1, 0.15) is 6.33 Å². The number of amides is 2. The van der Waals surface area contributed by atoms with E-state index in [4.69, 9.17) is 5.73 Å². The summed E-state index contributed by atoms with van der Waals surface area (Å²) in [5.74, 6) is -0.596. The van der Waals surface area contributed by atoms with E-state index < -0.39 is 5.41 Å². The summed E-state index contributed by atoms with van der Waals surface area (Å²) in [6, 6.07) is 17.7. The van der Waals surface area contributed by atoms with Crippen LogP contribution in [0.1, 0.15) is 36.8 Å². The summed E-state index contributed by atoms with van der Waals surface area (Å²) in [6.45, 7) is 2.89. The van der Waals surface area contributed by atoms with Gasteiger partial charge in [-0.1, -0.05) is 54.6 Å². The largest absolute Gasteiger partial charge is 0.369 e. The maximum atomic E-state index is 13.3. The molecule has 2 amide bonds. The van der Waals surface area contributed by atoms with E-state index in [9.17, 15) is 9.59 Å². The minimum Gasteiger partial charge on any atom is -0.369 e. The molecule has 6 nitrogen and oxygen atoms in total. The fourth-order valence-electron chi connectivity index (χ4n) is 4.67. The third-order valence-electron chi connectivity index (χ3n) is 6.50. The van der Waals surface area contributed by atoms with Gasteiger partial charge in [0, 0.05) is 31.0 Å². The molecule has 2 aromatic carbocycles. The number of carbonyl (C=O) groups is 2. The van der Waals surface area contributed by atoms with Gasteiger partial charge >= 0.3 is 0 Å². The highest BCUT2D eigenvalue weighted by atomic mass is 16.2. The second-order valence-electron chi connectivity index (χ2n) is 8.60. The molecule has 2 heterocycles. The van der Waals surface area contributed by atoms with Gasteiger partial charge in [-0.15, -0.1) is 0 Å². The smallest absolute Gasteiger partial charge is 0.229 e. The van der Waals surface area contributed by atoms with Gasteiger partial charge in [0.2, 0.25) is 11.8 Å². The number of likely N-dealkylation sites (tertiary alicyclic amines) is 1. The van der Waals surface area contributed by atoms with Crippen LogP contribution in [0.3, 0.4) is 0 Å². The summed E-state index contributed by atoms with van der Waals surface area (Å²) >= 11 is 0. The molecule has 1 aliphatic rings. The second kappa shape index (κ2) is 9.30. The van der Waals surface area contributed by atoms with E-state index in [1.807, 2.05) is 66.4 Å². The van der Waals surface area contributed by atoms with E-state index in [1.54, 1.807) is 12.4 Å². The van der Waals surface area contributed by atoms with Crippen LogP contribution in [0.4, 0.5) is 0 Å². The standard InChI is InChI=1S/C26H28N4O2/c1-19(20-8-3-2-4-9-20)24(31)30-13-7-12-26(17-30,25(27)32)14-21-10-5-6-11-23(21)22-15-28-18-29-16-22/h2-6,8-11,15-16,18-19H,7,12-14,17H2,1H3,(H2,27,32)/t19-,26-/m1/s1. The number of rotatable bonds is 6. The quantitative estimate of drug-likeness (QED) is 0.650. The molecule has 0 aliphatic carbocycles. The Morgan fingerprint density at radius 3 is 2.47 bits per heavy atom. The van der Waals surface area contributed by atoms with Crippen molar-refractivity contribution < 1.29 is 9.59 Å². The molecule has 2 atom stereocenters. The summed E-state index contributed by atoms with van der Waals surface area (Å²) in [4.78, 5) is 36.2. The predicted octanol–water partition coefficient (Wildman–Crippen LogP) is 3.58. The van der Waals surface area contributed by atoms with Crippen LogP contribution in [-0.2, 0) is 16.0 Å². The molecule has 0 unspecified atom stereocenters. The molecule has 2 N–H and O–H groups in total. The summed E-state index contributed by atoms with van der Waals surface area (Å²) in [5, 5.41) is 0. The lowest BCUT2D eigenvalue weighted by Crippen LogP contribution is -2.54. The number of hydrogen-bond donors (Lipinski definition) is 1. The van der Waals surface area contributed by atoms with Crippen LogP contribution in [0, 0.1) is 5.41 Å². The molecule has 164 valence electrons. The Kier molecular flexibility index (Phi) is 6.30. The lowest BCUT2D eigenvalue weighted by molar-refractivity contribution is -0.140. The summed E-state index contributed by atoms with van der Waals surface area (Å²) in [7, 11) is 0. The normalized spacial score (nSPS) is 19.3. The first-order chi connectivity index (χ1) is 15.5. The van der Waals surface area contributed by atoms with Gasteiger partial charge in [-0.2, -0.15) is 0 Å². The highest BCUT2D eigenvalue weighted by Crippen LogP contribution is 2.37. The maximum absolute atomic E-state index is 13.3. The second-order valence-corrected chi connectivity index (χ2v) is 8.60. The van der Waals surface area contributed by atoms with Crippen LogP contribution >= 0.6 is 0 Å². The first-order valence-corrected chi connectivity index (χ1v) is 11.0. The molecule has 0 spiro atoms. The van der Waals surface area contributed by atoms with Crippen molar-refractivity contribution in [2.75, 3.05) is 13.1 Å². The van der Waals surface area contributed by atoms with E-state index >= 15 is 0 Å². The molecule has 32 heavy (non-hydrogen) atoms. The van der Waals surface area contributed by atoms with Crippen molar-refractivity contribution in [3.8, 4) is 11.1 Å². The SMILES string of the molecule is C[C@@H](C(=O)N1CCC[C@](Cc2ccccc2-c2cncnc2)(C(N)=O)C1)c1ccccc1. The van der Waals surface area contributed by atoms with Crippen LogP contribution in [0.2, 0.25) is 0 Å². The number of carbonyl (C=O) groups excluding carboxylic acids is 2. The lowest BCUT2D eigenvalue weighted by atomic mass is 9.73. The van der Waals surface area contributed by atoms with E-state index in [2.05, 4.69) is 9.97 Å². The molecule has 4 rings (SSSR count). The van der Waals surface area contributed by atoms with Crippen molar-refractivity contribution in [3.63, 3.8) is 0 Å². The molecule has 3 aromatic rings. The molecular formula is C26H28N4O2. The Morgan fingerprint density at radius 2 is 1.75 bits per heavy atom. The fourth-order valence-corrected chi connectivity index (χ4v) is 4.67. The van der Waals surface area contributed by atoms with Crippen LogP contribution in [0.15, 0.2) is 73.3 Å². The van der Waals surface area contributed by atoms with Crippen molar-refractivity contribution >= 4 is 11.8 Å². The van der Waals surface area contributed by atoms with Crippen molar-refractivity contribution in [2.24, 2.45) is 11.1 Å². The van der Waals surface area contributed by atoms with Crippen molar-refractivity contribution in [2.45, 2.75) is 32.1 Å². The Hall–Kier alpha value is -3.54. The predicted molar refractivity (Wildman–Crippen MR) is 123 cm³/mol. The third kappa shape index (κ3) is 4.40. The zero-order chi connectivity index (χ0) is 22.6. The fraction of sp³-hybridized carbons (Fsp3) is 0.308. The Labute approximate surface area is 188 Å². The van der Waals surface area contributed by atoms with E-state index in [1.165, 1.54) is 6.33 Å². The van der Waals surface area contributed by atoms with Gasteiger partial charge in [0.05, 0.1) is 11.3 Å². The van der Waals surface area contributed by atoms with Gasteiger partial charge in [-0.05, 0) is 42.9 Å². The van der Waals surface area contributed by atoms with Gasteiger partial charge in [-0.3, -0.25) is 9.59 Å². The lowest BCUT2D eigenvalue weighted by Gasteiger charge is -2.42. The van der Waals surface area contributed by atoms with Crippen molar-refractivity contribution in [3.05, 3.63) is 84.4 Å². The number of nitrogens with two attached hydrogens (primary N) is 1. The molecule has 1 aromatic heterocycles. The molecule has 1 saturated heterocycles. The van der Waals surface area contributed by atoms with Crippen LogP contribution in [0.5, 0.6) is 0 Å². The minimum atomic E-state index is -0.809. The summed E-state index contributed by atoms with van der Waals surface area (Å²) < 4.78 is 0. The highest BCUT2D eigenvalue weighted by Gasteiger charge is 2.43. The Bertz CT molecular complexity index is 1090. The number of nitrogens with zero attached hydrogens (tertiary/aromatic N) is 3. The molecular weight excluding hydrogens is 400 g/mol. The Balaban J connectivity index is 1.61. The summed E-state index contributed by atoms with van der Waals surface area (Å²) in [5.41, 5.74) is 9.03. The van der Waals surface area contributed by atoms with Crippen LogP contribution in [0.25, 0.3) is 11.1 Å².